The number of hydrogen-bond donors (Lipinski definition) is 0. The monoisotopic (exact) mass is 264 g/mol. The summed E-state index contributed by atoms with van der Waals surface area (Å²) in [6, 6.07) is 5.42. The van der Waals surface area contributed by atoms with Gasteiger partial charge in [0.2, 0.25) is 0 Å². The summed E-state index contributed by atoms with van der Waals surface area (Å²) in [5, 5.41) is 0. The lowest BCUT2D eigenvalue weighted by Crippen LogP contribution is -2.10. The van der Waals surface area contributed by atoms with Crippen LogP contribution in [-0.4, -0.2) is 20.0 Å². The zero-order valence-corrected chi connectivity index (χ0v) is 12.5. The van der Waals surface area contributed by atoms with Crippen molar-refractivity contribution >= 4 is 5.78 Å². The number of para-hydroxylation sites is 1. The lowest BCUT2D eigenvalue weighted by Gasteiger charge is -2.15. The second-order valence-electron chi connectivity index (χ2n) is 5.40. The van der Waals surface area contributed by atoms with Crippen molar-refractivity contribution in [2.24, 2.45) is 11.8 Å². The molecule has 0 amide bonds. The highest BCUT2D eigenvalue weighted by atomic mass is 16.5. The van der Waals surface area contributed by atoms with E-state index in [1.54, 1.807) is 26.4 Å². The van der Waals surface area contributed by atoms with Crippen LogP contribution >= 0.6 is 0 Å². The van der Waals surface area contributed by atoms with Crippen molar-refractivity contribution in [3.8, 4) is 11.5 Å². The van der Waals surface area contributed by atoms with E-state index >= 15 is 0 Å². The van der Waals surface area contributed by atoms with E-state index in [2.05, 4.69) is 20.8 Å². The van der Waals surface area contributed by atoms with E-state index in [4.69, 9.17) is 9.47 Å². The summed E-state index contributed by atoms with van der Waals surface area (Å²) >= 11 is 0. The molecule has 1 aromatic carbocycles. The van der Waals surface area contributed by atoms with Gasteiger partial charge < -0.3 is 9.47 Å². The van der Waals surface area contributed by atoms with Gasteiger partial charge in [-0.1, -0.05) is 26.8 Å². The van der Waals surface area contributed by atoms with Gasteiger partial charge in [0.15, 0.2) is 17.3 Å². The summed E-state index contributed by atoms with van der Waals surface area (Å²) < 4.78 is 10.5. The number of carbonyl (C=O) groups is 1. The second-order valence-corrected chi connectivity index (χ2v) is 5.40. The molecule has 19 heavy (non-hydrogen) atoms. The molecule has 3 heteroatoms. The summed E-state index contributed by atoms with van der Waals surface area (Å²) in [4.78, 5) is 12.3. The minimum atomic E-state index is 0.115. The van der Waals surface area contributed by atoms with Gasteiger partial charge >= 0.3 is 0 Å². The van der Waals surface area contributed by atoms with Gasteiger partial charge in [0, 0.05) is 6.42 Å². The lowest BCUT2D eigenvalue weighted by molar-refractivity contribution is 0.0956. The Balaban J connectivity index is 2.87. The molecular formula is C16H24O3. The van der Waals surface area contributed by atoms with Crippen LogP contribution in [0.5, 0.6) is 11.5 Å². The van der Waals surface area contributed by atoms with Crippen molar-refractivity contribution in [3.05, 3.63) is 23.8 Å². The number of carbonyl (C=O) groups excluding carboxylic acids is 1. The normalized spacial score (nSPS) is 12.3. The van der Waals surface area contributed by atoms with Crippen molar-refractivity contribution in [2.45, 2.75) is 33.6 Å². The van der Waals surface area contributed by atoms with Crippen LogP contribution in [0, 0.1) is 11.8 Å². The summed E-state index contributed by atoms with van der Waals surface area (Å²) in [6.07, 6.45) is 1.60. The molecule has 0 fully saturated rings. The molecule has 3 nitrogen and oxygen atoms in total. The van der Waals surface area contributed by atoms with Crippen molar-refractivity contribution in [2.75, 3.05) is 14.2 Å². The standard InChI is InChI=1S/C16H24O3/c1-11(2)9-12(3)10-14(17)13-7-6-8-15(18-4)16(13)19-5/h6-8,11-12H,9-10H2,1-5H3. The third-order valence-electron chi connectivity index (χ3n) is 3.11. The lowest BCUT2D eigenvalue weighted by atomic mass is 9.92. The van der Waals surface area contributed by atoms with Crippen LogP contribution < -0.4 is 9.47 Å². The summed E-state index contributed by atoms with van der Waals surface area (Å²) in [7, 11) is 3.14. The van der Waals surface area contributed by atoms with E-state index in [9.17, 15) is 4.79 Å². The van der Waals surface area contributed by atoms with Gasteiger partial charge in [-0.05, 0) is 30.4 Å². The number of hydrogen-bond acceptors (Lipinski definition) is 3. The Labute approximate surface area is 115 Å². The number of benzene rings is 1. The highest BCUT2D eigenvalue weighted by Gasteiger charge is 2.18. The van der Waals surface area contributed by atoms with Crippen LogP contribution in [-0.2, 0) is 0 Å². The fourth-order valence-electron chi connectivity index (χ4n) is 2.42. The molecule has 0 saturated heterocycles. The van der Waals surface area contributed by atoms with E-state index < -0.39 is 0 Å². The topological polar surface area (TPSA) is 35.5 Å². The average Bonchev–Trinajstić information content (AvgIpc) is 2.36. The zero-order chi connectivity index (χ0) is 14.4. The van der Waals surface area contributed by atoms with Gasteiger partial charge in [0.1, 0.15) is 0 Å². The first-order valence-electron chi connectivity index (χ1n) is 6.73. The molecule has 106 valence electrons. The van der Waals surface area contributed by atoms with Crippen molar-refractivity contribution < 1.29 is 14.3 Å². The number of ketones is 1. The summed E-state index contributed by atoms with van der Waals surface area (Å²) in [6.45, 7) is 6.46. The third kappa shape index (κ3) is 4.27. The van der Waals surface area contributed by atoms with Gasteiger partial charge in [-0.2, -0.15) is 0 Å². The van der Waals surface area contributed by atoms with Gasteiger partial charge in [-0.3, -0.25) is 4.79 Å². The molecule has 0 aliphatic carbocycles. The third-order valence-corrected chi connectivity index (χ3v) is 3.11. The van der Waals surface area contributed by atoms with Gasteiger partial charge in [-0.15, -0.1) is 0 Å². The van der Waals surface area contributed by atoms with Crippen molar-refractivity contribution in [1.82, 2.24) is 0 Å². The molecule has 0 heterocycles. The number of ether oxygens (including phenoxy) is 2. The Kier molecular flexibility index (Phi) is 5.87. The van der Waals surface area contributed by atoms with Crippen LogP contribution in [0.3, 0.4) is 0 Å². The SMILES string of the molecule is COc1cccc(C(=O)CC(C)CC(C)C)c1OC. The molecule has 1 atom stereocenters. The molecular weight excluding hydrogens is 240 g/mol. The first-order chi connectivity index (χ1) is 8.99. The minimum absolute atomic E-state index is 0.115. The number of Topliss-reactive ketones (excluding diaryl/α,β-unsaturated/α-hetero) is 1. The molecule has 0 aliphatic heterocycles. The van der Waals surface area contributed by atoms with E-state index in [-0.39, 0.29) is 5.78 Å². The van der Waals surface area contributed by atoms with Crippen LogP contribution in [0.4, 0.5) is 0 Å². The van der Waals surface area contributed by atoms with Gasteiger partial charge in [-0.25, -0.2) is 0 Å². The smallest absolute Gasteiger partial charge is 0.171 e. The fourth-order valence-corrected chi connectivity index (χ4v) is 2.42. The highest BCUT2D eigenvalue weighted by Crippen LogP contribution is 2.32. The molecule has 0 spiro atoms. The second kappa shape index (κ2) is 7.17. The van der Waals surface area contributed by atoms with E-state index in [0.717, 1.165) is 6.42 Å². The quantitative estimate of drug-likeness (QED) is 0.699. The molecule has 0 saturated carbocycles. The Morgan fingerprint density at radius 1 is 1.16 bits per heavy atom. The maximum atomic E-state index is 12.3. The molecule has 0 aliphatic rings. The molecule has 1 unspecified atom stereocenters. The zero-order valence-electron chi connectivity index (χ0n) is 12.5. The predicted octanol–water partition coefficient (Wildman–Crippen LogP) is 3.96. The molecule has 0 N–H and O–H groups in total. The van der Waals surface area contributed by atoms with Crippen molar-refractivity contribution in [1.29, 1.82) is 0 Å². The van der Waals surface area contributed by atoms with Crippen molar-refractivity contribution in [3.63, 3.8) is 0 Å². The van der Waals surface area contributed by atoms with E-state index in [1.165, 1.54) is 0 Å². The maximum absolute atomic E-state index is 12.3. The van der Waals surface area contributed by atoms with Crippen LogP contribution in [0.1, 0.15) is 44.0 Å². The first-order valence-corrected chi connectivity index (χ1v) is 6.73. The van der Waals surface area contributed by atoms with Crippen LogP contribution in [0.15, 0.2) is 18.2 Å². The Morgan fingerprint density at radius 2 is 1.84 bits per heavy atom. The molecule has 0 bridgehead atoms. The highest BCUT2D eigenvalue weighted by molar-refractivity contribution is 5.99. The fraction of sp³-hybridized carbons (Fsp3) is 0.562. The molecule has 0 radical (unpaired) electrons. The van der Waals surface area contributed by atoms with Crippen LogP contribution in [0.2, 0.25) is 0 Å². The van der Waals surface area contributed by atoms with E-state index in [0.29, 0.717) is 35.3 Å². The number of methoxy groups -OCH3 is 2. The van der Waals surface area contributed by atoms with Crippen LogP contribution in [0.25, 0.3) is 0 Å². The molecule has 0 aromatic heterocycles. The molecule has 1 rings (SSSR count). The Bertz CT molecular complexity index is 424. The number of rotatable bonds is 7. The summed E-state index contributed by atoms with van der Waals surface area (Å²) in [5.41, 5.74) is 0.609. The summed E-state index contributed by atoms with van der Waals surface area (Å²) in [5.74, 6) is 2.24. The average molecular weight is 264 g/mol. The van der Waals surface area contributed by atoms with Gasteiger partial charge in [0.05, 0.1) is 19.8 Å². The predicted molar refractivity (Wildman–Crippen MR) is 77.1 cm³/mol. The largest absolute Gasteiger partial charge is 0.493 e. The minimum Gasteiger partial charge on any atom is -0.493 e. The van der Waals surface area contributed by atoms with Gasteiger partial charge in [0.25, 0.3) is 0 Å². The Morgan fingerprint density at radius 3 is 2.37 bits per heavy atom. The molecule has 1 aromatic rings. The maximum Gasteiger partial charge on any atom is 0.171 e. The van der Waals surface area contributed by atoms with E-state index in [1.807, 2.05) is 6.07 Å². The first kappa shape index (κ1) is 15.5. The Hall–Kier alpha value is -1.51.